The van der Waals surface area contributed by atoms with Crippen molar-refractivity contribution >= 4 is 18.0 Å². The number of rotatable bonds is 7. The Labute approximate surface area is 146 Å². The Hall–Kier alpha value is -3.02. The van der Waals surface area contributed by atoms with E-state index in [0.717, 1.165) is 0 Å². The first kappa shape index (κ1) is 18.3. The lowest BCUT2D eigenvalue weighted by Crippen LogP contribution is -2.41. The molecule has 0 spiro atoms. The van der Waals surface area contributed by atoms with E-state index in [1.165, 1.54) is 19.9 Å². The molecule has 1 fully saturated rings. The van der Waals surface area contributed by atoms with E-state index in [1.54, 1.807) is 30.4 Å². The van der Waals surface area contributed by atoms with Gasteiger partial charge < -0.3 is 18.9 Å². The smallest absolute Gasteiger partial charge is 0.348 e. The summed E-state index contributed by atoms with van der Waals surface area (Å²) in [4.78, 5) is 24.1. The molecule has 0 radical (unpaired) electrons. The topological polar surface area (TPSA) is 71.1 Å². The molecule has 1 saturated heterocycles. The first-order chi connectivity index (χ1) is 11.9. The summed E-state index contributed by atoms with van der Waals surface area (Å²) in [6.07, 6.45) is 4.57. The SMILES string of the molecule is C=CCOc1ccc(C=C2C(=O)OC(C)(C)OC2=O)c(OCC=C)c1. The average Bonchev–Trinajstić information content (AvgIpc) is 2.54. The van der Waals surface area contributed by atoms with Crippen LogP contribution >= 0.6 is 0 Å². The zero-order valence-electron chi connectivity index (χ0n) is 14.2. The lowest BCUT2D eigenvalue weighted by molar-refractivity contribution is -0.222. The van der Waals surface area contributed by atoms with Crippen LogP contribution in [-0.2, 0) is 19.1 Å². The predicted molar refractivity (Wildman–Crippen MR) is 92.1 cm³/mol. The molecule has 0 aliphatic carbocycles. The highest BCUT2D eigenvalue weighted by Crippen LogP contribution is 2.30. The molecule has 0 N–H and O–H groups in total. The number of hydrogen-bond acceptors (Lipinski definition) is 6. The number of carbonyl (C=O) groups is 2. The predicted octanol–water partition coefficient (Wildman–Crippen LogP) is 3.04. The Bertz CT molecular complexity index is 707. The van der Waals surface area contributed by atoms with Crippen LogP contribution in [0.5, 0.6) is 11.5 Å². The van der Waals surface area contributed by atoms with Gasteiger partial charge >= 0.3 is 11.9 Å². The minimum absolute atomic E-state index is 0.206. The van der Waals surface area contributed by atoms with Gasteiger partial charge in [0.1, 0.15) is 30.3 Å². The first-order valence-corrected chi connectivity index (χ1v) is 7.66. The number of esters is 2. The Kier molecular flexibility index (Phi) is 5.64. The van der Waals surface area contributed by atoms with Crippen LogP contribution in [0.1, 0.15) is 19.4 Å². The van der Waals surface area contributed by atoms with Crippen LogP contribution in [-0.4, -0.2) is 30.9 Å². The number of carbonyl (C=O) groups excluding carboxylic acids is 2. The Morgan fingerprint density at radius 1 is 1.04 bits per heavy atom. The quantitative estimate of drug-likeness (QED) is 0.328. The summed E-state index contributed by atoms with van der Waals surface area (Å²) in [5.41, 5.74) is 0.305. The van der Waals surface area contributed by atoms with E-state index in [9.17, 15) is 9.59 Å². The van der Waals surface area contributed by atoms with Crippen LogP contribution < -0.4 is 9.47 Å². The van der Waals surface area contributed by atoms with Crippen molar-refractivity contribution in [3.05, 3.63) is 54.6 Å². The fourth-order valence-corrected chi connectivity index (χ4v) is 2.09. The number of cyclic esters (lactones) is 2. The van der Waals surface area contributed by atoms with Gasteiger partial charge in [0.25, 0.3) is 5.79 Å². The second-order valence-corrected chi connectivity index (χ2v) is 5.64. The third kappa shape index (κ3) is 4.73. The molecule has 132 valence electrons. The van der Waals surface area contributed by atoms with E-state index < -0.39 is 17.7 Å². The largest absolute Gasteiger partial charge is 0.489 e. The van der Waals surface area contributed by atoms with Gasteiger partial charge in [0.05, 0.1) is 0 Å². The standard InChI is InChI=1S/C19H20O6/c1-5-9-22-14-8-7-13(16(12-14)23-10-6-2)11-15-17(20)24-19(3,4)25-18(15)21/h5-8,11-12H,1-2,9-10H2,3-4H3. The van der Waals surface area contributed by atoms with Crippen molar-refractivity contribution in [1.82, 2.24) is 0 Å². The molecule has 1 heterocycles. The van der Waals surface area contributed by atoms with Crippen LogP contribution in [0.4, 0.5) is 0 Å². The van der Waals surface area contributed by atoms with Crippen LogP contribution in [0.3, 0.4) is 0 Å². The van der Waals surface area contributed by atoms with Crippen molar-refractivity contribution < 1.29 is 28.5 Å². The molecule has 0 unspecified atom stereocenters. The molecular formula is C19H20O6. The maximum atomic E-state index is 12.1. The first-order valence-electron chi connectivity index (χ1n) is 7.66. The van der Waals surface area contributed by atoms with Gasteiger partial charge in [-0.15, -0.1) is 0 Å². The average molecular weight is 344 g/mol. The van der Waals surface area contributed by atoms with Gasteiger partial charge in [-0.1, -0.05) is 25.3 Å². The summed E-state index contributed by atoms with van der Waals surface area (Å²) in [5, 5.41) is 0. The van der Waals surface area contributed by atoms with Crippen molar-refractivity contribution in [2.45, 2.75) is 19.6 Å². The molecule has 0 aromatic heterocycles. The van der Waals surface area contributed by atoms with Gasteiger partial charge in [0.15, 0.2) is 0 Å². The van der Waals surface area contributed by atoms with Gasteiger partial charge in [-0.25, -0.2) is 9.59 Å². The third-order valence-corrected chi connectivity index (χ3v) is 3.13. The molecular weight excluding hydrogens is 324 g/mol. The van der Waals surface area contributed by atoms with Crippen molar-refractivity contribution in [2.75, 3.05) is 13.2 Å². The number of ether oxygens (including phenoxy) is 4. The molecule has 1 aromatic carbocycles. The lowest BCUT2D eigenvalue weighted by atomic mass is 10.1. The molecule has 0 amide bonds. The van der Waals surface area contributed by atoms with Gasteiger partial charge in [-0.3, -0.25) is 0 Å². The van der Waals surface area contributed by atoms with Crippen molar-refractivity contribution in [3.63, 3.8) is 0 Å². The summed E-state index contributed by atoms with van der Waals surface area (Å²) in [7, 11) is 0. The number of hydrogen-bond donors (Lipinski definition) is 0. The van der Waals surface area contributed by atoms with Gasteiger partial charge in [-0.2, -0.15) is 0 Å². The van der Waals surface area contributed by atoms with E-state index in [0.29, 0.717) is 23.7 Å². The highest BCUT2D eigenvalue weighted by molar-refractivity contribution is 6.19. The Morgan fingerprint density at radius 2 is 1.64 bits per heavy atom. The van der Waals surface area contributed by atoms with Crippen LogP contribution in [0.15, 0.2) is 49.1 Å². The summed E-state index contributed by atoms with van der Waals surface area (Å²) >= 11 is 0. The molecule has 25 heavy (non-hydrogen) atoms. The summed E-state index contributed by atoms with van der Waals surface area (Å²) in [6, 6.07) is 5.02. The van der Waals surface area contributed by atoms with E-state index >= 15 is 0 Å². The highest BCUT2D eigenvalue weighted by atomic mass is 16.7. The molecule has 0 bridgehead atoms. The molecule has 2 rings (SSSR count). The fourth-order valence-electron chi connectivity index (χ4n) is 2.09. The Morgan fingerprint density at radius 3 is 2.24 bits per heavy atom. The van der Waals surface area contributed by atoms with E-state index in [2.05, 4.69) is 13.2 Å². The van der Waals surface area contributed by atoms with Crippen LogP contribution in [0.25, 0.3) is 6.08 Å². The summed E-state index contributed by atoms with van der Waals surface area (Å²) < 4.78 is 21.2. The van der Waals surface area contributed by atoms with Gasteiger partial charge in [0.2, 0.25) is 0 Å². The summed E-state index contributed by atoms with van der Waals surface area (Å²) in [5.74, 6) is -1.78. The van der Waals surface area contributed by atoms with Crippen molar-refractivity contribution in [1.29, 1.82) is 0 Å². The molecule has 0 saturated carbocycles. The second kappa shape index (κ2) is 7.70. The van der Waals surface area contributed by atoms with Crippen molar-refractivity contribution in [3.8, 4) is 11.5 Å². The third-order valence-electron chi connectivity index (χ3n) is 3.13. The zero-order chi connectivity index (χ0) is 18.4. The molecule has 1 aliphatic rings. The maximum Gasteiger partial charge on any atom is 0.348 e. The lowest BCUT2D eigenvalue weighted by Gasteiger charge is -2.29. The van der Waals surface area contributed by atoms with Crippen molar-refractivity contribution in [2.24, 2.45) is 0 Å². The van der Waals surface area contributed by atoms with E-state index in [-0.39, 0.29) is 12.2 Å². The maximum absolute atomic E-state index is 12.1. The molecule has 1 aliphatic heterocycles. The number of benzene rings is 1. The van der Waals surface area contributed by atoms with Gasteiger partial charge in [-0.05, 0) is 18.2 Å². The van der Waals surface area contributed by atoms with Crippen LogP contribution in [0, 0.1) is 0 Å². The molecule has 6 heteroatoms. The molecule has 6 nitrogen and oxygen atoms in total. The zero-order valence-corrected chi connectivity index (χ0v) is 14.2. The second-order valence-electron chi connectivity index (χ2n) is 5.64. The minimum atomic E-state index is -1.28. The molecule has 1 aromatic rings. The monoisotopic (exact) mass is 344 g/mol. The normalized spacial score (nSPS) is 15.7. The van der Waals surface area contributed by atoms with E-state index in [4.69, 9.17) is 18.9 Å². The fraction of sp³-hybridized carbons (Fsp3) is 0.263. The Balaban J connectivity index is 2.36. The van der Waals surface area contributed by atoms with E-state index in [1.807, 2.05) is 0 Å². The van der Waals surface area contributed by atoms with Crippen LogP contribution in [0.2, 0.25) is 0 Å². The minimum Gasteiger partial charge on any atom is -0.489 e. The summed E-state index contributed by atoms with van der Waals surface area (Å²) in [6.45, 7) is 10.8. The highest BCUT2D eigenvalue weighted by Gasteiger charge is 2.39. The van der Waals surface area contributed by atoms with Gasteiger partial charge in [0, 0.05) is 25.5 Å². The molecule has 0 atom stereocenters.